The van der Waals surface area contributed by atoms with Crippen LogP contribution in [-0.4, -0.2) is 83.5 Å². The van der Waals surface area contributed by atoms with Gasteiger partial charge in [-0.2, -0.15) is 0 Å². The maximum Gasteiger partial charge on any atom is 0.191 e. The average molecular weight is 535 g/mol. The van der Waals surface area contributed by atoms with E-state index in [2.05, 4.69) is 25.6 Å². The number of halogens is 2. The molecule has 0 aliphatic heterocycles. The van der Waals surface area contributed by atoms with E-state index in [0.717, 1.165) is 0 Å². The van der Waals surface area contributed by atoms with Crippen molar-refractivity contribution in [2.75, 3.05) is 24.2 Å². The molecule has 0 saturated heterocycles. The zero-order valence-corrected chi connectivity index (χ0v) is 19.4. The van der Waals surface area contributed by atoms with Crippen molar-refractivity contribution in [2.24, 2.45) is 0 Å². The second kappa shape index (κ2) is 10.5. The number of ether oxygens (including phenoxy) is 1. The molecule has 194 valence electrons. The van der Waals surface area contributed by atoms with Crippen LogP contribution in [0, 0.1) is 11.6 Å². The minimum absolute atomic E-state index is 0.0885. The summed E-state index contributed by atoms with van der Waals surface area (Å²) in [4.78, 5) is 8.31. The first-order valence-corrected chi connectivity index (χ1v) is 11.5. The van der Waals surface area contributed by atoms with Crippen LogP contribution in [0.2, 0.25) is 0 Å². The molecular formula is C23H28F2N6O4S. The van der Waals surface area contributed by atoms with E-state index >= 15 is 0 Å². The van der Waals surface area contributed by atoms with Crippen molar-refractivity contribution in [2.45, 2.75) is 67.5 Å². The first-order valence-electron chi connectivity index (χ1n) is 16.7. The number of hydrogen-bond donors (Lipinski definition) is 4. The van der Waals surface area contributed by atoms with Crippen LogP contribution in [0.3, 0.4) is 0 Å². The molecule has 2 saturated carbocycles. The Hall–Kier alpha value is -2.45. The lowest BCUT2D eigenvalue weighted by molar-refractivity contribution is -0.0629. The summed E-state index contributed by atoms with van der Waals surface area (Å²) in [6.07, 6.45) is -15.6. The molecule has 0 amide bonds. The van der Waals surface area contributed by atoms with Crippen molar-refractivity contribution in [3.05, 3.63) is 35.3 Å². The summed E-state index contributed by atoms with van der Waals surface area (Å²) < 4.78 is 134. The van der Waals surface area contributed by atoms with Gasteiger partial charge in [-0.25, -0.2) is 23.4 Å². The summed E-state index contributed by atoms with van der Waals surface area (Å²) in [6, 6.07) is -7.99. The Morgan fingerprint density at radius 2 is 2.17 bits per heavy atom. The Balaban J connectivity index is 1.68. The number of fused-ring (bicyclic) bond motifs is 1. The number of aliphatic hydroxyl groups excluding tert-OH is 1. The average Bonchev–Trinajstić information content (AvgIpc) is 3.42. The first kappa shape index (κ1) is 14.5. The number of rotatable bonds is 10. The number of hydrogen-bond acceptors (Lipinski definition) is 10. The normalized spacial score (nSPS) is 44.4. The highest BCUT2D eigenvalue weighted by molar-refractivity contribution is 7.99. The summed E-state index contributed by atoms with van der Waals surface area (Å²) in [7, 11) is 0. The topological polar surface area (TPSA) is 138 Å². The van der Waals surface area contributed by atoms with Gasteiger partial charge in [-0.3, -0.25) is 0 Å². The molecule has 2 aliphatic carbocycles. The van der Waals surface area contributed by atoms with Crippen LogP contribution in [0.5, 0.6) is 0 Å². The molecule has 5 rings (SSSR count). The van der Waals surface area contributed by atoms with Crippen molar-refractivity contribution in [3.63, 3.8) is 0 Å². The van der Waals surface area contributed by atoms with Crippen LogP contribution in [0.15, 0.2) is 23.3 Å². The molecule has 0 radical (unpaired) electrons. The molecule has 2 fully saturated rings. The Morgan fingerprint density at radius 1 is 1.33 bits per heavy atom. The molecule has 3 aromatic rings. The molecule has 10 nitrogen and oxygen atoms in total. The zero-order chi connectivity index (χ0) is 36.2. The van der Waals surface area contributed by atoms with Gasteiger partial charge in [0.05, 0.1) is 34.9 Å². The number of aromatic nitrogens is 5. The smallest absolute Gasteiger partial charge is 0.191 e. The van der Waals surface area contributed by atoms with E-state index in [1.807, 2.05) is 0 Å². The van der Waals surface area contributed by atoms with Crippen LogP contribution >= 0.6 is 11.8 Å². The van der Waals surface area contributed by atoms with Gasteiger partial charge < -0.3 is 25.4 Å². The van der Waals surface area contributed by atoms with Gasteiger partial charge in [-0.1, -0.05) is 29.9 Å². The third-order valence-electron chi connectivity index (χ3n) is 5.07. The summed E-state index contributed by atoms with van der Waals surface area (Å²) in [5, 5.41) is 41.1. The Kier molecular flexibility index (Phi) is 4.22. The molecule has 2 aromatic heterocycles. The van der Waals surface area contributed by atoms with Gasteiger partial charge in [-0.05, 0) is 30.5 Å². The fourth-order valence-corrected chi connectivity index (χ4v) is 3.89. The molecule has 0 bridgehead atoms. The van der Waals surface area contributed by atoms with E-state index in [1.54, 1.807) is 0 Å². The Morgan fingerprint density at radius 3 is 2.94 bits per heavy atom. The lowest BCUT2D eigenvalue weighted by Gasteiger charge is -2.17. The van der Waals surface area contributed by atoms with Gasteiger partial charge >= 0.3 is 0 Å². The minimum atomic E-state index is -3.98. The molecule has 4 N–H and O–H groups in total. The molecule has 2 heterocycles. The largest absolute Gasteiger partial charge is 0.394 e. The molecule has 0 spiro atoms. The van der Waals surface area contributed by atoms with Crippen LogP contribution in [0.4, 0.5) is 14.6 Å². The highest BCUT2D eigenvalue weighted by Gasteiger charge is 2.45. The monoisotopic (exact) mass is 534 g/mol. The molecule has 6 atom stereocenters. The van der Waals surface area contributed by atoms with Crippen LogP contribution in [0.1, 0.15) is 60.1 Å². The number of nitrogens with zero attached hydrogens (tertiary/aromatic N) is 5. The van der Waals surface area contributed by atoms with Crippen LogP contribution in [0.25, 0.3) is 11.2 Å². The second-order valence-electron chi connectivity index (χ2n) is 7.50. The maximum absolute atomic E-state index is 14.4. The SMILES string of the molecule is [2H]c1c([2H])c(C2([2H])C[C@@H]2Nc2nc(SC([2H])([2H])CC)nc3c2nnn3[C@]2([2H])C([2H])([2H])[C@]([2H])(OCCO)[C@@]([2H])(O)[C@@]2([2H])O)c([2H])c(F)c1F. The van der Waals surface area contributed by atoms with Gasteiger partial charge in [0.25, 0.3) is 0 Å². The molecule has 13 heteroatoms. The van der Waals surface area contributed by atoms with Crippen LogP contribution in [-0.2, 0) is 4.74 Å². The highest BCUT2D eigenvalue weighted by Crippen LogP contribution is 2.44. The summed E-state index contributed by atoms with van der Waals surface area (Å²) in [6.45, 7) is -0.193. The summed E-state index contributed by atoms with van der Waals surface area (Å²) in [5.41, 5.74) is -3.79. The highest BCUT2D eigenvalue weighted by atomic mass is 32.2. The number of aliphatic hydroxyl groups is 3. The Labute approximate surface area is 226 Å². The second-order valence-corrected chi connectivity index (χ2v) is 8.36. The van der Waals surface area contributed by atoms with Gasteiger partial charge in [0.1, 0.15) is 12.2 Å². The van der Waals surface area contributed by atoms with E-state index in [1.165, 1.54) is 6.92 Å². The van der Waals surface area contributed by atoms with Crippen LogP contribution < -0.4 is 5.32 Å². The van der Waals surface area contributed by atoms with E-state index in [-0.39, 0.29) is 23.3 Å². The zero-order valence-electron chi connectivity index (χ0n) is 30.6. The maximum atomic E-state index is 14.4. The predicted octanol–water partition coefficient (Wildman–Crippen LogP) is 2.01. The van der Waals surface area contributed by atoms with Gasteiger partial charge in [-0.15, -0.1) is 5.10 Å². The van der Waals surface area contributed by atoms with Crippen molar-refractivity contribution in [1.29, 1.82) is 0 Å². The molecule has 2 aliphatic rings. The van der Waals surface area contributed by atoms with Gasteiger partial charge in [0.2, 0.25) is 0 Å². The van der Waals surface area contributed by atoms with Gasteiger partial charge in [0.15, 0.2) is 33.8 Å². The summed E-state index contributed by atoms with van der Waals surface area (Å²) in [5.74, 6) is -5.83. The van der Waals surface area contributed by atoms with E-state index in [9.17, 15) is 24.1 Å². The molecule has 1 unspecified atom stereocenters. The van der Waals surface area contributed by atoms with Crippen molar-refractivity contribution < 1.29 is 45.3 Å². The van der Waals surface area contributed by atoms with E-state index in [0.29, 0.717) is 11.8 Å². The fraction of sp³-hybridized carbons (Fsp3) is 0.565. The quantitative estimate of drug-likeness (QED) is 0.226. The molecule has 1 aromatic carbocycles. The summed E-state index contributed by atoms with van der Waals surface area (Å²) >= 11 is 0.432. The van der Waals surface area contributed by atoms with Crippen molar-refractivity contribution >= 4 is 28.7 Å². The third-order valence-corrected chi connectivity index (χ3v) is 5.87. The van der Waals surface area contributed by atoms with Crippen molar-refractivity contribution in [1.82, 2.24) is 25.0 Å². The Bertz CT molecular complexity index is 1780. The van der Waals surface area contributed by atoms with Gasteiger partial charge in [0, 0.05) is 30.9 Å². The fourth-order valence-electron chi connectivity index (χ4n) is 3.35. The number of benzene rings is 1. The van der Waals surface area contributed by atoms with E-state index < -0.39 is 113 Å². The standard InChI is InChI=1S/C23H28F2N6O4S/c1-2-7-36-23-27-21(26-15-9-12(15)11-3-4-13(24)14(25)8-11)18-22(28-23)31(30-29-18)16-10-17(35-6-5-32)20(34)19(16)33/h3-4,8,12,15-17,19-20,32-34H,2,5-7,9-10H2,1H3,(H,26,27,28)/t12?,15-,16+,17-,19-,20+/m0/s1/i3D,4D,7D2,8D,10D2,12D,16D,17D,19D,20D. The lowest BCUT2D eigenvalue weighted by Crippen LogP contribution is -2.33. The number of anilines is 1. The first-order chi connectivity index (χ1) is 21.9. The number of thioether (sulfide) groups is 1. The van der Waals surface area contributed by atoms with Crippen molar-refractivity contribution in [3.8, 4) is 0 Å². The molecule has 36 heavy (non-hydrogen) atoms. The lowest BCUT2D eigenvalue weighted by atomic mass is 10.1. The number of nitrogens with one attached hydrogen (secondary N) is 1. The minimum Gasteiger partial charge on any atom is -0.394 e. The predicted molar refractivity (Wildman–Crippen MR) is 128 cm³/mol. The molecular weight excluding hydrogens is 494 g/mol. The third kappa shape index (κ3) is 4.90. The van der Waals surface area contributed by atoms with E-state index in [4.69, 9.17) is 21.2 Å².